The predicted molar refractivity (Wildman–Crippen MR) is 158 cm³/mol. The van der Waals surface area contributed by atoms with Gasteiger partial charge in [-0.3, -0.25) is 19.3 Å². The Morgan fingerprint density at radius 1 is 1.18 bits per heavy atom. The molecule has 0 saturated carbocycles. The topological polar surface area (TPSA) is 197 Å². The number of aromatic nitrogens is 2. The third-order valence-corrected chi connectivity index (χ3v) is 9.93. The second-order valence-electron chi connectivity index (χ2n) is 9.75. The van der Waals surface area contributed by atoms with Crippen molar-refractivity contribution in [2.75, 3.05) is 11.5 Å². The fourth-order valence-corrected chi connectivity index (χ4v) is 7.63. The number of hydrogen-bond acceptors (Lipinski definition) is 15. The van der Waals surface area contributed by atoms with E-state index in [0.29, 0.717) is 27.0 Å². The number of rotatable bonds is 11. The average molecular weight is 662 g/mol. The quantitative estimate of drug-likeness (QED) is 0.171. The van der Waals surface area contributed by atoms with Crippen molar-refractivity contribution in [3.05, 3.63) is 74.3 Å². The van der Waals surface area contributed by atoms with Gasteiger partial charge in [-0.05, 0) is 26.3 Å². The number of fused-ring (bicyclic) bond motifs is 1. The predicted octanol–water partition coefficient (Wildman–Crippen LogP) is 1.82. The summed E-state index contributed by atoms with van der Waals surface area (Å²) in [5.74, 6) is -2.91. The highest BCUT2D eigenvalue weighted by Crippen LogP contribution is 2.42. The number of hydrogen-bond donors (Lipinski definition) is 2. The van der Waals surface area contributed by atoms with Gasteiger partial charge >= 0.3 is 17.8 Å². The zero-order chi connectivity index (χ0) is 31.5. The first-order valence-electron chi connectivity index (χ1n) is 13.2. The largest absolute Gasteiger partial charge is 0.519 e. The lowest BCUT2D eigenvalue weighted by Gasteiger charge is -2.49. The summed E-state index contributed by atoms with van der Waals surface area (Å²) >= 11 is 4.12. The minimum absolute atomic E-state index is 0.0319. The van der Waals surface area contributed by atoms with E-state index in [1.165, 1.54) is 53.6 Å². The van der Waals surface area contributed by atoms with Gasteiger partial charge in [-0.15, -0.1) is 22.0 Å². The molecule has 2 aliphatic rings. The van der Waals surface area contributed by atoms with Crippen molar-refractivity contribution >= 4 is 58.6 Å². The van der Waals surface area contributed by atoms with Gasteiger partial charge in [0.05, 0.1) is 0 Å². The molecule has 5 rings (SSSR count). The fourth-order valence-electron chi connectivity index (χ4n) is 4.33. The minimum atomic E-state index is -1.35. The van der Waals surface area contributed by atoms with E-state index in [-0.39, 0.29) is 23.8 Å². The first-order valence-corrected chi connectivity index (χ1v) is 16.1. The smallest absolute Gasteiger partial charge is 0.453 e. The summed E-state index contributed by atoms with van der Waals surface area (Å²) in [5, 5.41) is 10.9. The second-order valence-corrected chi connectivity index (χ2v) is 13.3. The maximum absolute atomic E-state index is 13.5. The molecule has 3 aromatic rings. The molecule has 1 saturated heterocycles. The molecule has 0 aliphatic carbocycles. The Kier molecular flexibility index (Phi) is 9.57. The summed E-state index contributed by atoms with van der Waals surface area (Å²) in [5.41, 5.74) is 6.69. The van der Waals surface area contributed by atoms with Crippen LogP contribution in [0.2, 0.25) is 0 Å². The molecule has 4 heterocycles. The Morgan fingerprint density at radius 3 is 2.57 bits per heavy atom. The lowest BCUT2D eigenvalue weighted by molar-refractivity contribution is -0.160. The number of β-lactam (4-membered cyclic amide) rings is 1. The van der Waals surface area contributed by atoms with E-state index in [1.807, 2.05) is 6.92 Å². The lowest BCUT2D eigenvalue weighted by atomic mass is 10.0. The molecule has 2 aromatic heterocycles. The second kappa shape index (κ2) is 13.4. The molecular weight excluding hydrogens is 635 g/mol. The van der Waals surface area contributed by atoms with Gasteiger partial charge in [0.2, 0.25) is 6.10 Å². The van der Waals surface area contributed by atoms with Crippen molar-refractivity contribution in [2.45, 2.75) is 55.3 Å². The number of nitrogens with one attached hydrogen (secondary N) is 1. The number of thioether (sulfide) groups is 2. The Morgan fingerprint density at radius 2 is 1.93 bits per heavy atom. The first kappa shape index (κ1) is 31.5. The summed E-state index contributed by atoms with van der Waals surface area (Å²) in [4.78, 5) is 65.3. The number of benzene rings is 1. The van der Waals surface area contributed by atoms with Crippen LogP contribution in [0.1, 0.15) is 35.1 Å². The van der Waals surface area contributed by atoms with Crippen LogP contribution < -0.4 is 16.9 Å². The van der Waals surface area contributed by atoms with Gasteiger partial charge in [-0.1, -0.05) is 53.4 Å². The van der Waals surface area contributed by atoms with Crippen molar-refractivity contribution in [1.29, 1.82) is 0 Å². The molecule has 1 aromatic carbocycles. The Hall–Kier alpha value is -3.93. The number of esters is 2. The van der Waals surface area contributed by atoms with Gasteiger partial charge in [-0.25, -0.2) is 9.59 Å². The summed E-state index contributed by atoms with van der Waals surface area (Å²) in [7, 11) is 0. The van der Waals surface area contributed by atoms with Crippen molar-refractivity contribution < 1.29 is 37.5 Å². The molecule has 2 aliphatic heterocycles. The van der Waals surface area contributed by atoms with Crippen molar-refractivity contribution in [3.63, 3.8) is 0 Å². The summed E-state index contributed by atoms with van der Waals surface area (Å²) in [6, 6.07) is 6.37. The van der Waals surface area contributed by atoms with Gasteiger partial charge < -0.3 is 29.4 Å². The monoisotopic (exact) mass is 661 g/mol. The number of amides is 2. The molecular formula is C27H27N5O9S3. The number of carbonyl (C=O) groups excluding carboxylic acids is 4. The highest BCUT2D eigenvalue weighted by molar-refractivity contribution is 8.01. The van der Waals surface area contributed by atoms with E-state index in [0.717, 1.165) is 5.01 Å². The van der Waals surface area contributed by atoms with Crippen molar-refractivity contribution in [1.82, 2.24) is 20.4 Å². The standard InChI is InChI=1S/C27H27N5O9S3/c1-12(28)24(35)41-20(15-7-5-4-6-8-15)21(33)29-18-22(34)32-19(25(36)38-9-17-13(2)39-27(37)40-17)16(10-42-23(18)32)11-43-26-31-30-14(3)44-26/h4-8,12,18,20,23H,9-11,28H2,1-3H3,(H,29,33)/t12-,18-,20?,23-/m0/s1. The van der Waals surface area contributed by atoms with E-state index in [2.05, 4.69) is 15.5 Å². The number of carbonyl (C=O) groups is 4. The molecule has 14 nitrogen and oxygen atoms in total. The molecule has 0 radical (unpaired) electrons. The molecule has 1 fully saturated rings. The zero-order valence-corrected chi connectivity index (χ0v) is 26.1. The summed E-state index contributed by atoms with van der Waals surface area (Å²) < 4.78 is 21.3. The Balaban J connectivity index is 1.35. The molecule has 44 heavy (non-hydrogen) atoms. The lowest BCUT2D eigenvalue weighted by Crippen LogP contribution is -2.71. The van der Waals surface area contributed by atoms with Gasteiger partial charge in [0.1, 0.15) is 28.2 Å². The van der Waals surface area contributed by atoms with Gasteiger partial charge in [0, 0.05) is 17.1 Å². The molecule has 0 bridgehead atoms. The van der Waals surface area contributed by atoms with Gasteiger partial charge in [-0.2, -0.15) is 0 Å². The van der Waals surface area contributed by atoms with Gasteiger partial charge in [0.15, 0.2) is 22.5 Å². The van der Waals surface area contributed by atoms with Crippen LogP contribution in [0.4, 0.5) is 0 Å². The molecule has 2 amide bonds. The SMILES string of the molecule is Cc1nnc(SCC2=C(C(=O)OCc3oc(=O)oc3C)N3C(=O)[C@H](NC(=O)C(OC(=O)[C@H](C)N)c4ccccc4)[C@@H]3SC2)s1. The first-order chi connectivity index (χ1) is 21.0. The minimum Gasteiger partial charge on any atom is -0.453 e. The van der Waals surface area contributed by atoms with Crippen LogP contribution >= 0.6 is 34.9 Å². The maximum atomic E-state index is 13.5. The van der Waals surface area contributed by atoms with E-state index in [4.69, 9.17) is 24.0 Å². The van der Waals surface area contributed by atoms with Crippen LogP contribution in [-0.4, -0.2) is 67.8 Å². The number of nitrogens with zero attached hydrogens (tertiary/aromatic N) is 3. The van der Waals surface area contributed by atoms with E-state index in [1.54, 1.807) is 30.3 Å². The van der Waals surface area contributed by atoms with E-state index < -0.39 is 53.1 Å². The molecule has 4 atom stereocenters. The molecule has 17 heteroatoms. The fraction of sp³-hybridized carbons (Fsp3) is 0.370. The van der Waals surface area contributed by atoms with Crippen LogP contribution in [0.3, 0.4) is 0 Å². The van der Waals surface area contributed by atoms with E-state index >= 15 is 0 Å². The highest BCUT2D eigenvalue weighted by atomic mass is 32.2. The normalized spacial score (nSPS) is 19.1. The number of nitrogens with two attached hydrogens (primary N) is 1. The van der Waals surface area contributed by atoms with Crippen LogP contribution in [0.15, 0.2) is 59.6 Å². The molecule has 3 N–H and O–H groups in total. The number of ether oxygens (including phenoxy) is 2. The molecule has 232 valence electrons. The zero-order valence-electron chi connectivity index (χ0n) is 23.6. The van der Waals surface area contributed by atoms with Crippen LogP contribution in [0.5, 0.6) is 0 Å². The van der Waals surface area contributed by atoms with Crippen molar-refractivity contribution in [3.8, 4) is 0 Å². The van der Waals surface area contributed by atoms with E-state index in [9.17, 15) is 24.0 Å². The Bertz CT molecular complexity index is 1670. The third-order valence-electron chi connectivity index (χ3n) is 6.53. The summed E-state index contributed by atoms with van der Waals surface area (Å²) in [6.07, 6.45) is -1.35. The molecule has 1 unspecified atom stereocenters. The van der Waals surface area contributed by atoms with Crippen molar-refractivity contribution in [2.24, 2.45) is 5.73 Å². The maximum Gasteiger partial charge on any atom is 0.519 e. The van der Waals surface area contributed by atoms with Gasteiger partial charge in [0.25, 0.3) is 11.8 Å². The summed E-state index contributed by atoms with van der Waals surface area (Å²) in [6.45, 7) is 4.37. The van der Waals surface area contributed by atoms with Crippen LogP contribution in [0, 0.1) is 13.8 Å². The Labute approximate surface area is 262 Å². The number of aryl methyl sites for hydroxylation is 2. The average Bonchev–Trinajstić information content (AvgIpc) is 3.58. The highest BCUT2D eigenvalue weighted by Gasteiger charge is 2.55. The van der Waals surface area contributed by atoms with Crippen LogP contribution in [0.25, 0.3) is 0 Å². The van der Waals surface area contributed by atoms with Crippen LogP contribution in [-0.2, 0) is 35.3 Å². The molecule has 0 spiro atoms. The third kappa shape index (κ3) is 6.74.